The highest BCUT2D eigenvalue weighted by molar-refractivity contribution is 5.86. The Morgan fingerprint density at radius 1 is 0.757 bits per heavy atom. The Labute approximate surface area is 219 Å². The molecule has 0 aromatic rings. The number of carboxylic acids is 1. The normalized spacial score (nSPS) is 13.2. The first kappa shape index (κ1) is 34.2. The summed E-state index contributed by atoms with van der Waals surface area (Å²) in [6.45, 7) is 12.4. The zero-order valence-electron chi connectivity index (χ0n) is 22.5. The third kappa shape index (κ3) is 19.1. The summed E-state index contributed by atoms with van der Waals surface area (Å²) in [6.07, 6.45) is 1.17. The van der Waals surface area contributed by atoms with Gasteiger partial charge in [0, 0.05) is 24.8 Å². The van der Waals surface area contributed by atoms with Crippen LogP contribution in [0.2, 0.25) is 0 Å². The molecule has 2 atom stereocenters. The van der Waals surface area contributed by atoms with Gasteiger partial charge >= 0.3 is 23.9 Å². The van der Waals surface area contributed by atoms with Gasteiger partial charge < -0.3 is 33.6 Å². The molecule has 212 valence electrons. The van der Waals surface area contributed by atoms with Crippen LogP contribution in [0.15, 0.2) is 24.3 Å². The second-order valence-corrected chi connectivity index (χ2v) is 9.27. The molecule has 11 nitrogen and oxygen atoms in total. The maximum atomic E-state index is 12.0. The van der Waals surface area contributed by atoms with E-state index in [1.807, 2.05) is 7.05 Å². The van der Waals surface area contributed by atoms with Crippen LogP contribution in [0.4, 0.5) is 0 Å². The number of aliphatic carboxylic acids is 1. The molecule has 0 aliphatic rings. The third-order valence-corrected chi connectivity index (χ3v) is 5.46. The Bertz CT molecular complexity index is 766. The minimum Gasteiger partial charge on any atom is -0.481 e. The highest BCUT2D eigenvalue weighted by Crippen LogP contribution is 2.09. The average Bonchev–Trinajstić information content (AvgIpc) is 2.81. The number of esters is 3. The van der Waals surface area contributed by atoms with Crippen molar-refractivity contribution in [2.24, 2.45) is 0 Å². The Balaban J connectivity index is 4.45. The van der Waals surface area contributed by atoms with E-state index >= 15 is 0 Å². The van der Waals surface area contributed by atoms with E-state index in [0.29, 0.717) is 60.9 Å². The molecule has 2 unspecified atom stereocenters. The summed E-state index contributed by atoms with van der Waals surface area (Å²) in [5.41, 5.74) is 0.777. The first-order chi connectivity index (χ1) is 17.4. The number of carbonyl (C=O) groups is 4. The van der Waals surface area contributed by atoms with Gasteiger partial charge in [-0.05, 0) is 45.1 Å². The molecule has 0 saturated carbocycles. The van der Waals surface area contributed by atoms with E-state index in [4.69, 9.17) is 24.1 Å². The van der Waals surface area contributed by atoms with E-state index in [2.05, 4.69) is 13.2 Å². The largest absolute Gasteiger partial charge is 0.481 e. The Morgan fingerprint density at radius 2 is 1.30 bits per heavy atom. The topological polar surface area (TPSA) is 146 Å². The number of hydrogen-bond donors (Lipinski definition) is 2. The van der Waals surface area contributed by atoms with Crippen molar-refractivity contribution in [3.05, 3.63) is 24.3 Å². The molecule has 0 spiro atoms. The number of carboxylic acid groups (broad SMARTS) is 1. The van der Waals surface area contributed by atoms with Crippen LogP contribution in [-0.2, 0) is 38.1 Å². The fourth-order valence-electron chi connectivity index (χ4n) is 3.07. The lowest BCUT2D eigenvalue weighted by Gasteiger charge is -2.34. The molecule has 0 radical (unpaired) electrons. The maximum Gasteiger partial charge on any atom is 0.333 e. The van der Waals surface area contributed by atoms with Gasteiger partial charge in [0.1, 0.15) is 26.3 Å². The van der Waals surface area contributed by atoms with Crippen LogP contribution >= 0.6 is 0 Å². The van der Waals surface area contributed by atoms with E-state index in [1.54, 1.807) is 13.8 Å². The zero-order chi connectivity index (χ0) is 28.3. The summed E-state index contributed by atoms with van der Waals surface area (Å²) in [7, 11) is 1.94. The molecule has 0 saturated heterocycles. The van der Waals surface area contributed by atoms with Gasteiger partial charge in [0.25, 0.3) is 0 Å². The minimum atomic E-state index is -1.05. The van der Waals surface area contributed by atoms with Gasteiger partial charge in [-0.25, -0.2) is 4.79 Å². The predicted molar refractivity (Wildman–Crippen MR) is 135 cm³/mol. The molecule has 0 heterocycles. The van der Waals surface area contributed by atoms with Crippen LogP contribution < -0.4 is 0 Å². The smallest absolute Gasteiger partial charge is 0.333 e. The van der Waals surface area contributed by atoms with Crippen molar-refractivity contribution in [2.45, 2.75) is 65.1 Å². The monoisotopic (exact) mass is 530 g/mol. The van der Waals surface area contributed by atoms with Gasteiger partial charge in [0.2, 0.25) is 0 Å². The molecule has 0 rings (SSSR count). The molecular formula is C26H44NO10+. The van der Waals surface area contributed by atoms with Crippen LogP contribution in [0.25, 0.3) is 0 Å². The van der Waals surface area contributed by atoms with Crippen molar-refractivity contribution in [3.63, 3.8) is 0 Å². The molecule has 0 fully saturated rings. The number of ether oxygens (including phenoxy) is 4. The summed E-state index contributed by atoms with van der Waals surface area (Å²) in [6, 6.07) is 0. The standard InChI is InChI=1S/C26H43NO10/c1-20(2)25(32)36-16-8-11-23(30)34-18-14-27(5,13-7-6-10-22(28)29)15-19-35-24(31)12-9-17-37-26(33)21(3)4/h25,32H,1,3,6-19H2,2,4-5H3/p+1. The van der Waals surface area contributed by atoms with Crippen molar-refractivity contribution in [3.8, 4) is 0 Å². The number of likely N-dealkylation sites (N-methyl/N-ethyl adjacent to an activating group) is 1. The SMILES string of the molecule is C=C(C)C(=O)OCCCC(=O)OCC[N+](C)(CCCCC(=O)O)CCOC(=O)CCCOC(O)C(=C)C. The van der Waals surface area contributed by atoms with E-state index in [0.717, 1.165) is 0 Å². The average molecular weight is 531 g/mol. The molecule has 0 aliphatic carbocycles. The van der Waals surface area contributed by atoms with Crippen LogP contribution in [0, 0.1) is 0 Å². The van der Waals surface area contributed by atoms with Crippen molar-refractivity contribution in [1.82, 2.24) is 0 Å². The van der Waals surface area contributed by atoms with Gasteiger partial charge in [0.05, 0.1) is 26.8 Å². The highest BCUT2D eigenvalue weighted by Gasteiger charge is 2.23. The van der Waals surface area contributed by atoms with Gasteiger partial charge in [-0.2, -0.15) is 0 Å². The molecular weight excluding hydrogens is 486 g/mol. The van der Waals surface area contributed by atoms with E-state index in [9.17, 15) is 24.3 Å². The Morgan fingerprint density at radius 3 is 1.78 bits per heavy atom. The van der Waals surface area contributed by atoms with E-state index < -0.39 is 24.2 Å². The number of hydrogen-bond acceptors (Lipinski definition) is 9. The third-order valence-electron chi connectivity index (χ3n) is 5.46. The second-order valence-electron chi connectivity index (χ2n) is 9.27. The minimum absolute atomic E-state index is 0.0715. The quantitative estimate of drug-likeness (QED) is 0.0407. The lowest BCUT2D eigenvalue weighted by molar-refractivity contribution is -0.910. The molecule has 11 heteroatoms. The number of rotatable bonds is 22. The Kier molecular flexibility index (Phi) is 17.9. The first-order valence-corrected chi connectivity index (χ1v) is 12.5. The van der Waals surface area contributed by atoms with Crippen molar-refractivity contribution >= 4 is 23.9 Å². The van der Waals surface area contributed by atoms with Crippen molar-refractivity contribution < 1.29 is 52.8 Å². The van der Waals surface area contributed by atoms with Gasteiger partial charge in [0.15, 0.2) is 6.29 Å². The second kappa shape index (κ2) is 19.4. The zero-order valence-corrected chi connectivity index (χ0v) is 22.5. The van der Waals surface area contributed by atoms with Gasteiger partial charge in [-0.1, -0.05) is 13.2 Å². The van der Waals surface area contributed by atoms with Crippen LogP contribution in [0.1, 0.15) is 58.8 Å². The number of aliphatic hydroxyl groups excluding tert-OH is 1. The lowest BCUT2D eigenvalue weighted by Crippen LogP contribution is -2.49. The van der Waals surface area contributed by atoms with Crippen molar-refractivity contribution in [1.29, 1.82) is 0 Å². The summed E-state index contributed by atoms with van der Waals surface area (Å²) >= 11 is 0. The first-order valence-electron chi connectivity index (χ1n) is 12.5. The number of unbranched alkanes of at least 4 members (excludes halogenated alkanes) is 1. The molecule has 2 N–H and O–H groups in total. The van der Waals surface area contributed by atoms with Gasteiger partial charge in [-0.3, -0.25) is 14.4 Å². The summed E-state index contributed by atoms with van der Waals surface area (Å²) < 4.78 is 21.2. The molecule has 0 aromatic carbocycles. The highest BCUT2D eigenvalue weighted by atomic mass is 16.6. The van der Waals surface area contributed by atoms with Crippen molar-refractivity contribution in [2.75, 3.05) is 53.1 Å². The molecule has 0 aliphatic heterocycles. The van der Waals surface area contributed by atoms with Crippen LogP contribution in [0.5, 0.6) is 0 Å². The maximum absolute atomic E-state index is 12.0. The summed E-state index contributed by atoms with van der Waals surface area (Å²) in [4.78, 5) is 46.1. The fourth-order valence-corrected chi connectivity index (χ4v) is 3.07. The predicted octanol–water partition coefficient (Wildman–Crippen LogP) is 2.37. The summed E-state index contributed by atoms with van der Waals surface area (Å²) in [5.74, 6) is -2.15. The molecule has 0 aromatic heterocycles. The number of quaternary nitrogens is 1. The molecule has 37 heavy (non-hydrogen) atoms. The molecule has 0 bridgehead atoms. The van der Waals surface area contributed by atoms with Gasteiger partial charge in [-0.15, -0.1) is 0 Å². The van der Waals surface area contributed by atoms with Crippen LogP contribution in [0.3, 0.4) is 0 Å². The number of aliphatic hydroxyl groups is 1. The van der Waals surface area contributed by atoms with E-state index in [1.165, 1.54) is 0 Å². The fraction of sp³-hybridized carbons (Fsp3) is 0.692. The number of carbonyl (C=O) groups excluding carboxylic acids is 3. The molecule has 0 amide bonds. The van der Waals surface area contributed by atoms with E-state index in [-0.39, 0.29) is 51.7 Å². The lowest BCUT2D eigenvalue weighted by atomic mass is 10.2. The number of nitrogens with zero attached hydrogens (tertiary/aromatic N) is 1. The van der Waals surface area contributed by atoms with Crippen LogP contribution in [-0.4, -0.2) is 98.0 Å². The Hall–Kier alpha value is -2.76. The summed E-state index contributed by atoms with van der Waals surface area (Å²) in [5, 5.41) is 18.4.